The van der Waals surface area contributed by atoms with E-state index in [-0.39, 0.29) is 24.7 Å². The average molecular weight is 515 g/mol. The molecule has 6 rings (SSSR count). The summed E-state index contributed by atoms with van der Waals surface area (Å²) >= 11 is 0. The van der Waals surface area contributed by atoms with Gasteiger partial charge in [-0.2, -0.15) is 0 Å². The molecule has 1 aromatic rings. The number of nitrogens with one attached hydrogen (secondary N) is 1. The minimum absolute atomic E-state index is 0.160. The minimum Gasteiger partial charge on any atom is -0.491 e. The second kappa shape index (κ2) is 10.0. The third-order valence-electron chi connectivity index (χ3n) is 9.14. The van der Waals surface area contributed by atoms with Crippen LogP contribution in [0, 0.1) is 17.8 Å². The predicted octanol–water partition coefficient (Wildman–Crippen LogP) is 5.21. The van der Waals surface area contributed by atoms with Gasteiger partial charge in [-0.3, -0.25) is 0 Å². The van der Waals surface area contributed by atoms with Crippen molar-refractivity contribution in [3.8, 4) is 5.75 Å². The van der Waals surface area contributed by atoms with E-state index in [2.05, 4.69) is 42.3 Å². The monoisotopic (exact) mass is 514 g/mol. The second-order valence-corrected chi connectivity index (χ2v) is 13.4. The molecule has 0 aromatic heterocycles. The van der Waals surface area contributed by atoms with Crippen LogP contribution in [-0.2, 0) is 21.3 Å². The summed E-state index contributed by atoms with van der Waals surface area (Å²) in [4.78, 5) is 13.7. The summed E-state index contributed by atoms with van der Waals surface area (Å²) in [6.45, 7) is 9.86. The Kier molecular flexibility index (Phi) is 7.27. The van der Waals surface area contributed by atoms with Crippen molar-refractivity contribution in [2.75, 3.05) is 33.4 Å². The zero-order chi connectivity index (χ0) is 26.4. The smallest absolute Gasteiger partial charge is 0.405 e. The molecule has 2 N–H and O–H groups in total. The zero-order valence-corrected chi connectivity index (χ0v) is 23.3. The van der Waals surface area contributed by atoms with Crippen LogP contribution in [0.2, 0.25) is 0 Å². The summed E-state index contributed by atoms with van der Waals surface area (Å²) in [5.74, 6) is 3.04. The highest BCUT2D eigenvalue weighted by Crippen LogP contribution is 2.62. The van der Waals surface area contributed by atoms with E-state index < -0.39 is 17.4 Å². The molecule has 1 heterocycles. The maximum Gasteiger partial charge on any atom is 0.405 e. The van der Waals surface area contributed by atoms with E-state index in [4.69, 9.17) is 14.2 Å². The van der Waals surface area contributed by atoms with E-state index >= 15 is 0 Å². The molecular formula is C30H46N2O5. The van der Waals surface area contributed by atoms with Gasteiger partial charge in [0.15, 0.2) is 5.79 Å². The van der Waals surface area contributed by atoms with Crippen LogP contribution in [0.1, 0.15) is 77.3 Å². The fourth-order valence-electron chi connectivity index (χ4n) is 8.00. The van der Waals surface area contributed by atoms with E-state index in [1.165, 1.54) is 49.7 Å². The van der Waals surface area contributed by atoms with Crippen molar-refractivity contribution in [1.29, 1.82) is 0 Å². The second-order valence-electron chi connectivity index (χ2n) is 13.4. The van der Waals surface area contributed by atoms with Crippen molar-refractivity contribution in [1.82, 2.24) is 10.2 Å². The van der Waals surface area contributed by atoms with Crippen molar-refractivity contribution in [2.45, 2.75) is 95.5 Å². The van der Waals surface area contributed by atoms with Crippen LogP contribution in [0.15, 0.2) is 18.2 Å². The van der Waals surface area contributed by atoms with Gasteiger partial charge in [0.25, 0.3) is 0 Å². The molecule has 206 valence electrons. The molecule has 0 spiro atoms. The number of ether oxygens (including phenoxy) is 3. The average Bonchev–Trinajstić information content (AvgIpc) is 2.79. The van der Waals surface area contributed by atoms with Gasteiger partial charge in [-0.1, -0.05) is 12.1 Å². The molecule has 0 radical (unpaired) electrons. The van der Waals surface area contributed by atoms with Gasteiger partial charge in [-0.25, -0.2) is 4.79 Å². The largest absolute Gasteiger partial charge is 0.491 e. The molecule has 0 atom stereocenters. The number of benzene rings is 1. The molecule has 1 saturated heterocycles. The van der Waals surface area contributed by atoms with Crippen LogP contribution >= 0.6 is 0 Å². The Labute approximate surface area is 222 Å². The molecule has 1 aromatic carbocycles. The lowest BCUT2D eigenvalue weighted by Crippen LogP contribution is -2.65. The molecule has 4 bridgehead atoms. The summed E-state index contributed by atoms with van der Waals surface area (Å²) in [7, 11) is 2.04. The van der Waals surface area contributed by atoms with Crippen molar-refractivity contribution in [3.05, 3.63) is 29.3 Å². The maximum absolute atomic E-state index is 11.6. The van der Waals surface area contributed by atoms with Gasteiger partial charge < -0.3 is 29.5 Å². The molecule has 0 unspecified atom stereocenters. The molecule has 7 nitrogen and oxygen atoms in total. The van der Waals surface area contributed by atoms with Gasteiger partial charge in [0, 0.05) is 18.7 Å². The number of nitrogens with zero attached hydrogens (tertiary/aromatic N) is 1. The van der Waals surface area contributed by atoms with E-state index in [0.717, 1.165) is 36.5 Å². The number of carbonyl (C=O) groups is 1. The zero-order valence-electron chi connectivity index (χ0n) is 23.3. The summed E-state index contributed by atoms with van der Waals surface area (Å²) in [6.07, 6.45) is 8.24. The highest BCUT2D eigenvalue weighted by molar-refractivity contribution is 5.65. The molecule has 1 amide bonds. The summed E-state index contributed by atoms with van der Waals surface area (Å²) in [5.41, 5.74) is 2.27. The fraction of sp³-hybridized carbons (Fsp3) is 0.767. The molecule has 7 heteroatoms. The Morgan fingerprint density at radius 3 is 2.24 bits per heavy atom. The lowest BCUT2D eigenvalue weighted by Gasteiger charge is -2.57. The third-order valence-corrected chi connectivity index (χ3v) is 9.14. The number of hydrogen-bond acceptors (Lipinski definition) is 5. The van der Waals surface area contributed by atoms with Crippen molar-refractivity contribution < 1.29 is 24.1 Å². The fourth-order valence-corrected chi connectivity index (χ4v) is 8.00. The Balaban J connectivity index is 1.30. The van der Waals surface area contributed by atoms with E-state index in [9.17, 15) is 9.90 Å². The van der Waals surface area contributed by atoms with Crippen molar-refractivity contribution in [3.63, 3.8) is 0 Å². The lowest BCUT2D eigenvalue weighted by atomic mass is 9.48. The van der Waals surface area contributed by atoms with Crippen LogP contribution < -0.4 is 10.1 Å². The first-order valence-corrected chi connectivity index (χ1v) is 14.2. The van der Waals surface area contributed by atoms with Gasteiger partial charge in [0.2, 0.25) is 0 Å². The van der Waals surface area contributed by atoms with Crippen LogP contribution in [-0.4, -0.2) is 66.9 Å². The lowest BCUT2D eigenvalue weighted by molar-refractivity contribution is -0.271. The first-order chi connectivity index (χ1) is 17.4. The van der Waals surface area contributed by atoms with Crippen LogP contribution in [0.25, 0.3) is 0 Å². The number of hydrogen-bond donors (Lipinski definition) is 2. The van der Waals surface area contributed by atoms with E-state index in [1.54, 1.807) is 0 Å². The first kappa shape index (κ1) is 26.8. The molecular weight excluding hydrogens is 468 g/mol. The number of carboxylic acid groups (broad SMARTS) is 1. The molecule has 4 saturated carbocycles. The summed E-state index contributed by atoms with van der Waals surface area (Å²) < 4.78 is 18.1. The number of amides is 1. The quantitative estimate of drug-likeness (QED) is 0.471. The van der Waals surface area contributed by atoms with E-state index in [0.29, 0.717) is 6.54 Å². The number of likely N-dealkylation sites (N-methyl/N-ethyl adjacent to an activating group) is 1. The molecule has 1 aliphatic heterocycles. The standard InChI is InChI=1S/C30H46N2O5/c1-20(2)37-26-7-6-21(13-25(26)29-14-22-10-23(15-29)12-24(11-22)16-29)8-9-32(5)17-30(31-27(33)34)18-35-28(3,4)36-19-30/h6-7,13,20,22-24,31H,8-12,14-19H2,1-5H3,(H,33,34). The van der Waals surface area contributed by atoms with Crippen LogP contribution in [0.3, 0.4) is 0 Å². The van der Waals surface area contributed by atoms with Gasteiger partial charge in [-0.15, -0.1) is 0 Å². The normalized spacial score (nSPS) is 31.6. The van der Waals surface area contributed by atoms with Gasteiger partial charge in [0.05, 0.1) is 19.3 Å². The SMILES string of the molecule is CC(C)Oc1ccc(CCN(C)CC2(NC(=O)O)COC(C)(C)OC2)cc1C12CC3CC(CC(C3)C1)C2. The highest BCUT2D eigenvalue weighted by Gasteiger charge is 2.52. The Hall–Kier alpha value is -1.83. The van der Waals surface area contributed by atoms with Gasteiger partial charge in [0.1, 0.15) is 11.3 Å². The number of rotatable bonds is 9. The summed E-state index contributed by atoms with van der Waals surface area (Å²) in [5, 5.41) is 12.1. The Morgan fingerprint density at radius 1 is 1.11 bits per heavy atom. The Bertz CT molecular complexity index is 945. The summed E-state index contributed by atoms with van der Waals surface area (Å²) in [6, 6.07) is 6.87. The van der Waals surface area contributed by atoms with Crippen LogP contribution in [0.5, 0.6) is 5.75 Å². The van der Waals surface area contributed by atoms with Gasteiger partial charge >= 0.3 is 6.09 Å². The molecule has 4 aliphatic carbocycles. The molecule has 5 aliphatic rings. The molecule has 37 heavy (non-hydrogen) atoms. The highest BCUT2D eigenvalue weighted by atomic mass is 16.7. The molecule has 5 fully saturated rings. The topological polar surface area (TPSA) is 80.3 Å². The van der Waals surface area contributed by atoms with Crippen molar-refractivity contribution >= 4 is 6.09 Å². The first-order valence-electron chi connectivity index (χ1n) is 14.2. The van der Waals surface area contributed by atoms with Gasteiger partial charge in [-0.05, 0) is 114 Å². The maximum atomic E-state index is 11.6. The predicted molar refractivity (Wildman–Crippen MR) is 143 cm³/mol. The Morgan fingerprint density at radius 2 is 1.70 bits per heavy atom. The third kappa shape index (κ3) is 5.94. The van der Waals surface area contributed by atoms with Crippen molar-refractivity contribution in [2.24, 2.45) is 17.8 Å². The van der Waals surface area contributed by atoms with Crippen LogP contribution in [0.4, 0.5) is 4.79 Å². The van der Waals surface area contributed by atoms with E-state index in [1.807, 2.05) is 20.9 Å². The minimum atomic E-state index is -1.05.